The Morgan fingerprint density at radius 3 is 2.39 bits per heavy atom. The highest BCUT2D eigenvalue weighted by atomic mass is 16.5. The maximum atomic E-state index is 11.6. The lowest BCUT2D eigenvalue weighted by molar-refractivity contribution is -0.139. The van der Waals surface area contributed by atoms with E-state index in [0.29, 0.717) is 0 Å². The van der Waals surface area contributed by atoms with Crippen molar-refractivity contribution in [2.24, 2.45) is 0 Å². The van der Waals surface area contributed by atoms with Gasteiger partial charge >= 0.3 is 18.0 Å². The Bertz CT molecular complexity index is 569. The number of ether oxygens (including phenoxy) is 1. The first-order chi connectivity index (χ1) is 10.9. The van der Waals surface area contributed by atoms with Crippen molar-refractivity contribution in [1.29, 1.82) is 0 Å². The fraction of sp³-hybridized carbons (Fsp3) is 0.312. The highest BCUT2D eigenvalue weighted by Gasteiger charge is 2.20. The van der Waals surface area contributed by atoms with Gasteiger partial charge in [-0.25, -0.2) is 14.4 Å². The molecule has 1 aromatic rings. The molecule has 0 aliphatic rings. The van der Waals surface area contributed by atoms with Crippen LogP contribution >= 0.6 is 0 Å². The molecule has 7 heteroatoms. The summed E-state index contributed by atoms with van der Waals surface area (Å²) in [5.41, 5.74) is 0.785. The van der Waals surface area contributed by atoms with Crippen LogP contribution in [0.3, 0.4) is 0 Å². The highest BCUT2D eigenvalue weighted by Crippen LogP contribution is 2.08. The summed E-state index contributed by atoms with van der Waals surface area (Å²) < 4.78 is 4.95. The molecule has 1 amide bonds. The van der Waals surface area contributed by atoms with E-state index in [4.69, 9.17) is 14.9 Å². The number of alkyl carbamates (subject to hydrolysis) is 1. The van der Waals surface area contributed by atoms with Crippen LogP contribution in [-0.4, -0.2) is 34.3 Å². The molecule has 0 fully saturated rings. The Labute approximate surface area is 133 Å². The van der Waals surface area contributed by atoms with Crippen LogP contribution in [0, 0.1) is 0 Å². The van der Waals surface area contributed by atoms with Gasteiger partial charge in [0.25, 0.3) is 0 Å². The largest absolute Gasteiger partial charge is 0.480 e. The van der Waals surface area contributed by atoms with Crippen molar-refractivity contribution >= 4 is 18.0 Å². The van der Waals surface area contributed by atoms with Gasteiger partial charge in [0.15, 0.2) is 0 Å². The first-order valence-electron chi connectivity index (χ1n) is 7.01. The van der Waals surface area contributed by atoms with Crippen LogP contribution in [0.15, 0.2) is 42.5 Å². The summed E-state index contributed by atoms with van der Waals surface area (Å²) in [4.78, 5) is 33.3. The second-order valence-corrected chi connectivity index (χ2v) is 4.90. The number of amides is 1. The molecule has 23 heavy (non-hydrogen) atoms. The number of carboxylic acids is 2. The van der Waals surface area contributed by atoms with Gasteiger partial charge in [0.05, 0.1) is 0 Å². The number of rotatable bonds is 9. The maximum Gasteiger partial charge on any atom is 0.408 e. The van der Waals surface area contributed by atoms with Crippen LogP contribution in [0.1, 0.15) is 24.8 Å². The summed E-state index contributed by atoms with van der Waals surface area (Å²) in [7, 11) is 0. The number of hydrogen-bond donors (Lipinski definition) is 3. The zero-order valence-electron chi connectivity index (χ0n) is 12.5. The van der Waals surface area contributed by atoms with Crippen LogP contribution in [0.25, 0.3) is 0 Å². The Kier molecular flexibility index (Phi) is 7.32. The first kappa shape index (κ1) is 18.2. The van der Waals surface area contributed by atoms with E-state index in [1.807, 2.05) is 6.07 Å². The van der Waals surface area contributed by atoms with Gasteiger partial charge in [-0.1, -0.05) is 36.9 Å². The summed E-state index contributed by atoms with van der Waals surface area (Å²) in [5, 5.41) is 20.0. The van der Waals surface area contributed by atoms with Crippen LogP contribution in [0.5, 0.6) is 0 Å². The average Bonchev–Trinajstić information content (AvgIpc) is 2.52. The first-order valence-corrected chi connectivity index (χ1v) is 7.01. The van der Waals surface area contributed by atoms with Gasteiger partial charge in [0.1, 0.15) is 12.6 Å². The van der Waals surface area contributed by atoms with Crippen molar-refractivity contribution in [2.75, 3.05) is 0 Å². The minimum atomic E-state index is -1.21. The van der Waals surface area contributed by atoms with E-state index >= 15 is 0 Å². The minimum absolute atomic E-state index is 0.000734. The number of carbonyl (C=O) groups is 3. The van der Waals surface area contributed by atoms with Crippen molar-refractivity contribution in [3.05, 3.63) is 48.0 Å². The quantitative estimate of drug-likeness (QED) is 0.601. The lowest BCUT2D eigenvalue weighted by Crippen LogP contribution is -2.41. The molecular weight excluding hydrogens is 302 g/mol. The number of carbonyl (C=O) groups excluding carboxylic acids is 1. The monoisotopic (exact) mass is 321 g/mol. The van der Waals surface area contributed by atoms with Gasteiger partial charge in [-0.3, -0.25) is 0 Å². The van der Waals surface area contributed by atoms with Crippen molar-refractivity contribution in [1.82, 2.24) is 5.32 Å². The third kappa shape index (κ3) is 7.12. The summed E-state index contributed by atoms with van der Waals surface area (Å²) in [6.07, 6.45) is -0.318. The van der Waals surface area contributed by atoms with Gasteiger partial charge in [0, 0.05) is 5.57 Å². The molecule has 3 N–H and O–H groups in total. The van der Waals surface area contributed by atoms with E-state index in [9.17, 15) is 14.4 Å². The topological polar surface area (TPSA) is 113 Å². The Morgan fingerprint density at radius 1 is 1.17 bits per heavy atom. The molecule has 0 aromatic heterocycles. The van der Waals surface area contributed by atoms with E-state index < -0.39 is 24.1 Å². The fourth-order valence-corrected chi connectivity index (χ4v) is 1.79. The zero-order valence-corrected chi connectivity index (χ0v) is 12.5. The molecule has 0 bridgehead atoms. The predicted molar refractivity (Wildman–Crippen MR) is 81.8 cm³/mol. The van der Waals surface area contributed by atoms with Gasteiger partial charge in [0.2, 0.25) is 0 Å². The SMILES string of the molecule is C=C(CCC[C@H](NC(=O)OCc1ccccc1)C(=O)O)C(=O)O. The molecule has 0 heterocycles. The second-order valence-electron chi connectivity index (χ2n) is 4.90. The lowest BCUT2D eigenvalue weighted by atomic mass is 10.1. The molecule has 0 saturated carbocycles. The Morgan fingerprint density at radius 2 is 1.83 bits per heavy atom. The third-order valence-corrected chi connectivity index (χ3v) is 3.08. The zero-order chi connectivity index (χ0) is 17.2. The van der Waals surface area contributed by atoms with Gasteiger partial charge in [-0.2, -0.15) is 0 Å². The lowest BCUT2D eigenvalue weighted by Gasteiger charge is -2.14. The minimum Gasteiger partial charge on any atom is -0.480 e. The van der Waals surface area contributed by atoms with Gasteiger partial charge < -0.3 is 20.3 Å². The molecule has 124 valence electrons. The molecule has 0 radical (unpaired) electrons. The van der Waals surface area contributed by atoms with Crippen LogP contribution in [0.4, 0.5) is 4.79 Å². The number of aliphatic carboxylic acids is 2. The molecule has 0 aliphatic heterocycles. The van der Waals surface area contributed by atoms with Crippen LogP contribution < -0.4 is 5.32 Å². The van der Waals surface area contributed by atoms with Crippen molar-refractivity contribution in [3.63, 3.8) is 0 Å². The van der Waals surface area contributed by atoms with E-state index in [-0.39, 0.29) is 31.4 Å². The van der Waals surface area contributed by atoms with E-state index in [1.165, 1.54) is 0 Å². The molecular formula is C16H19NO6. The number of nitrogens with one attached hydrogen (secondary N) is 1. The summed E-state index contributed by atoms with van der Waals surface area (Å²) in [6, 6.07) is 7.84. The van der Waals surface area contributed by atoms with Crippen molar-refractivity contribution in [2.45, 2.75) is 31.9 Å². The van der Waals surface area contributed by atoms with Gasteiger partial charge in [-0.15, -0.1) is 0 Å². The Balaban J connectivity index is 2.39. The standard InChI is InChI=1S/C16H19NO6/c1-11(14(18)19)6-5-9-13(15(20)21)17-16(22)23-10-12-7-3-2-4-8-12/h2-4,7-8,13H,1,5-6,9-10H2,(H,17,22)(H,18,19)(H,20,21)/t13-/m0/s1. The fourth-order valence-electron chi connectivity index (χ4n) is 1.79. The molecule has 7 nitrogen and oxygen atoms in total. The normalized spacial score (nSPS) is 11.3. The molecule has 0 saturated heterocycles. The predicted octanol–water partition coefficient (Wildman–Crippen LogP) is 2.18. The van der Waals surface area contributed by atoms with E-state index in [1.54, 1.807) is 24.3 Å². The molecule has 1 aromatic carbocycles. The number of benzene rings is 1. The molecule has 1 atom stereocenters. The van der Waals surface area contributed by atoms with Gasteiger partial charge in [-0.05, 0) is 24.8 Å². The van der Waals surface area contributed by atoms with Crippen molar-refractivity contribution in [3.8, 4) is 0 Å². The maximum absolute atomic E-state index is 11.6. The molecule has 0 spiro atoms. The highest BCUT2D eigenvalue weighted by molar-refractivity contribution is 5.85. The molecule has 0 unspecified atom stereocenters. The Hall–Kier alpha value is -2.83. The van der Waals surface area contributed by atoms with Crippen LogP contribution in [0.2, 0.25) is 0 Å². The number of hydrogen-bond acceptors (Lipinski definition) is 4. The third-order valence-electron chi connectivity index (χ3n) is 3.08. The number of carboxylic acid groups (broad SMARTS) is 2. The molecule has 1 rings (SSSR count). The summed E-state index contributed by atoms with van der Waals surface area (Å²) in [6.45, 7) is 3.40. The summed E-state index contributed by atoms with van der Waals surface area (Å²) in [5.74, 6) is -2.32. The molecule has 0 aliphatic carbocycles. The van der Waals surface area contributed by atoms with E-state index in [0.717, 1.165) is 5.56 Å². The van der Waals surface area contributed by atoms with E-state index in [2.05, 4.69) is 11.9 Å². The van der Waals surface area contributed by atoms with Crippen LogP contribution in [-0.2, 0) is 20.9 Å². The van der Waals surface area contributed by atoms with Crippen molar-refractivity contribution < 1.29 is 29.3 Å². The second kappa shape index (κ2) is 9.24. The summed E-state index contributed by atoms with van der Waals surface area (Å²) >= 11 is 0. The smallest absolute Gasteiger partial charge is 0.408 e. The average molecular weight is 321 g/mol.